The van der Waals surface area contributed by atoms with Crippen molar-refractivity contribution in [3.63, 3.8) is 0 Å². The zero-order chi connectivity index (χ0) is 19.6. The molecular weight excluding hydrogens is 382 g/mol. The molecule has 3 aromatic rings. The van der Waals surface area contributed by atoms with Crippen molar-refractivity contribution in [1.29, 1.82) is 0 Å². The van der Waals surface area contributed by atoms with Crippen LogP contribution in [0.25, 0.3) is 0 Å². The average molecular weight is 400 g/mol. The Bertz CT molecular complexity index is 1110. The lowest BCUT2D eigenvalue weighted by Crippen LogP contribution is -2.17. The lowest BCUT2D eigenvalue weighted by atomic mass is 10.0. The lowest BCUT2D eigenvalue weighted by Gasteiger charge is -2.14. The Morgan fingerprint density at radius 2 is 1.63 bits per heavy atom. The highest BCUT2D eigenvalue weighted by molar-refractivity contribution is 7.92. The van der Waals surface area contributed by atoms with E-state index in [4.69, 9.17) is 11.6 Å². The molecule has 0 fully saturated rings. The van der Waals surface area contributed by atoms with Gasteiger partial charge in [-0.2, -0.15) is 0 Å². The highest BCUT2D eigenvalue weighted by Crippen LogP contribution is 2.27. The van der Waals surface area contributed by atoms with Crippen molar-refractivity contribution >= 4 is 33.1 Å². The third-order valence-corrected chi connectivity index (χ3v) is 5.88. The first-order valence-electron chi connectivity index (χ1n) is 8.27. The fourth-order valence-electron chi connectivity index (χ4n) is 2.73. The summed E-state index contributed by atoms with van der Waals surface area (Å²) in [6, 6.07) is 18.4. The summed E-state index contributed by atoms with van der Waals surface area (Å²) in [7, 11) is -3.86. The van der Waals surface area contributed by atoms with Gasteiger partial charge in [-0.05, 0) is 49.2 Å². The van der Waals surface area contributed by atoms with Crippen LogP contribution in [0, 0.1) is 13.8 Å². The van der Waals surface area contributed by atoms with Crippen LogP contribution in [0.5, 0.6) is 0 Å². The van der Waals surface area contributed by atoms with Crippen molar-refractivity contribution in [3.05, 3.63) is 94.0 Å². The van der Waals surface area contributed by atoms with Gasteiger partial charge >= 0.3 is 0 Å². The van der Waals surface area contributed by atoms with Crippen LogP contribution >= 0.6 is 11.6 Å². The molecule has 0 aliphatic heterocycles. The highest BCUT2D eigenvalue weighted by atomic mass is 35.5. The summed E-state index contributed by atoms with van der Waals surface area (Å²) in [6.07, 6.45) is 0. The quantitative estimate of drug-likeness (QED) is 0.615. The number of hydrogen-bond donors (Lipinski definition) is 1. The van der Waals surface area contributed by atoms with E-state index >= 15 is 0 Å². The minimum Gasteiger partial charge on any atom is -0.289 e. The number of rotatable bonds is 5. The third kappa shape index (κ3) is 4.21. The molecule has 0 heterocycles. The number of aryl methyl sites for hydroxylation is 2. The van der Waals surface area contributed by atoms with Gasteiger partial charge in [0.05, 0.1) is 10.6 Å². The maximum absolute atomic E-state index is 12.9. The summed E-state index contributed by atoms with van der Waals surface area (Å²) < 4.78 is 28.4. The fraction of sp³-hybridized carbons (Fsp3) is 0.0952. The maximum Gasteiger partial charge on any atom is 0.262 e. The van der Waals surface area contributed by atoms with E-state index in [2.05, 4.69) is 4.72 Å². The summed E-state index contributed by atoms with van der Waals surface area (Å²) in [5.41, 5.74) is 2.29. The Balaban J connectivity index is 2.05. The summed E-state index contributed by atoms with van der Waals surface area (Å²) in [4.78, 5) is 13.0. The first-order valence-corrected chi connectivity index (χ1v) is 10.1. The van der Waals surface area contributed by atoms with Gasteiger partial charge in [-0.25, -0.2) is 8.42 Å². The Morgan fingerprint density at radius 3 is 2.33 bits per heavy atom. The zero-order valence-electron chi connectivity index (χ0n) is 14.9. The van der Waals surface area contributed by atoms with E-state index < -0.39 is 10.0 Å². The van der Waals surface area contributed by atoms with E-state index in [1.165, 1.54) is 12.1 Å². The van der Waals surface area contributed by atoms with Crippen molar-refractivity contribution in [3.8, 4) is 0 Å². The molecule has 0 bridgehead atoms. The number of nitrogens with one attached hydrogen (secondary N) is 1. The van der Waals surface area contributed by atoms with E-state index in [1.54, 1.807) is 55.5 Å². The van der Waals surface area contributed by atoms with E-state index in [-0.39, 0.29) is 21.9 Å². The maximum atomic E-state index is 12.9. The summed E-state index contributed by atoms with van der Waals surface area (Å²) >= 11 is 6.05. The number of carbonyl (C=O) groups is 1. The number of carbonyl (C=O) groups excluding carboxylic acids is 1. The third-order valence-electron chi connectivity index (χ3n) is 4.14. The monoisotopic (exact) mass is 399 g/mol. The zero-order valence-corrected chi connectivity index (χ0v) is 16.4. The number of hydrogen-bond acceptors (Lipinski definition) is 3. The molecule has 0 unspecified atom stereocenters. The molecule has 3 rings (SSSR count). The van der Waals surface area contributed by atoms with Crippen molar-refractivity contribution in [1.82, 2.24) is 0 Å². The van der Waals surface area contributed by atoms with Gasteiger partial charge in [-0.15, -0.1) is 0 Å². The first-order chi connectivity index (χ1) is 12.8. The first kappa shape index (κ1) is 19.1. The molecular formula is C21H18ClNO3S. The molecule has 0 aliphatic rings. The second-order valence-electron chi connectivity index (χ2n) is 6.26. The van der Waals surface area contributed by atoms with Crippen LogP contribution in [-0.2, 0) is 10.0 Å². The Labute approximate surface area is 163 Å². The number of anilines is 1. The molecule has 0 aromatic heterocycles. The number of ketones is 1. The minimum absolute atomic E-state index is 0.176. The minimum atomic E-state index is -3.86. The molecule has 3 aromatic carbocycles. The van der Waals surface area contributed by atoms with Crippen molar-refractivity contribution in [2.75, 3.05) is 4.72 Å². The van der Waals surface area contributed by atoms with Crippen LogP contribution in [-0.4, -0.2) is 14.2 Å². The Kier molecular flexibility index (Phi) is 5.35. The van der Waals surface area contributed by atoms with Crippen LogP contribution in [0.15, 0.2) is 71.6 Å². The van der Waals surface area contributed by atoms with Gasteiger partial charge < -0.3 is 0 Å². The van der Waals surface area contributed by atoms with Crippen molar-refractivity contribution < 1.29 is 13.2 Å². The van der Waals surface area contributed by atoms with Gasteiger partial charge in [-0.1, -0.05) is 54.1 Å². The molecule has 0 aliphatic carbocycles. The number of sulfonamides is 1. The van der Waals surface area contributed by atoms with Gasteiger partial charge in [0.25, 0.3) is 10.0 Å². The molecule has 0 saturated heterocycles. The summed E-state index contributed by atoms with van der Waals surface area (Å²) in [6.45, 7) is 3.55. The van der Waals surface area contributed by atoms with E-state index in [0.717, 1.165) is 5.56 Å². The van der Waals surface area contributed by atoms with Gasteiger partial charge in [0.15, 0.2) is 5.78 Å². The number of halogens is 1. The molecule has 0 spiro atoms. The SMILES string of the molecule is Cc1ccc(C)c(S(=O)(=O)Nc2ccc(Cl)cc2C(=O)c2ccccc2)c1. The number of benzene rings is 3. The van der Waals surface area contributed by atoms with Crippen LogP contribution < -0.4 is 4.72 Å². The Morgan fingerprint density at radius 1 is 0.926 bits per heavy atom. The van der Waals surface area contributed by atoms with Gasteiger partial charge in [0.1, 0.15) is 0 Å². The lowest BCUT2D eigenvalue weighted by molar-refractivity contribution is 0.103. The molecule has 0 saturated carbocycles. The van der Waals surface area contributed by atoms with Gasteiger partial charge in [-0.3, -0.25) is 9.52 Å². The summed E-state index contributed by atoms with van der Waals surface area (Å²) in [5, 5.41) is 0.351. The molecule has 138 valence electrons. The standard InChI is InChI=1S/C21H18ClNO3S/c1-14-8-9-15(2)20(12-14)27(25,26)23-19-11-10-17(22)13-18(19)21(24)16-6-4-3-5-7-16/h3-13,23H,1-2H3. The Hall–Kier alpha value is -2.63. The highest BCUT2D eigenvalue weighted by Gasteiger charge is 2.21. The molecule has 27 heavy (non-hydrogen) atoms. The molecule has 1 N–H and O–H groups in total. The molecule has 0 atom stereocenters. The van der Waals surface area contributed by atoms with Crippen LogP contribution in [0.3, 0.4) is 0 Å². The van der Waals surface area contributed by atoms with Gasteiger partial charge in [0.2, 0.25) is 0 Å². The predicted molar refractivity (Wildman–Crippen MR) is 108 cm³/mol. The topological polar surface area (TPSA) is 63.2 Å². The molecule has 0 amide bonds. The van der Waals surface area contributed by atoms with Crippen molar-refractivity contribution in [2.45, 2.75) is 18.7 Å². The van der Waals surface area contributed by atoms with Crippen molar-refractivity contribution in [2.24, 2.45) is 0 Å². The molecule has 0 radical (unpaired) electrons. The molecule has 6 heteroatoms. The second kappa shape index (κ2) is 7.55. The van der Waals surface area contributed by atoms with Gasteiger partial charge in [0, 0.05) is 16.1 Å². The predicted octanol–water partition coefficient (Wildman–Crippen LogP) is 4.99. The largest absolute Gasteiger partial charge is 0.289 e. The van der Waals surface area contributed by atoms with E-state index in [0.29, 0.717) is 16.1 Å². The fourth-order valence-corrected chi connectivity index (χ4v) is 4.32. The van der Waals surface area contributed by atoms with Crippen LogP contribution in [0.2, 0.25) is 5.02 Å². The van der Waals surface area contributed by atoms with E-state index in [9.17, 15) is 13.2 Å². The summed E-state index contributed by atoms with van der Waals surface area (Å²) in [5.74, 6) is -0.309. The normalized spacial score (nSPS) is 11.2. The smallest absolute Gasteiger partial charge is 0.262 e. The molecule has 4 nitrogen and oxygen atoms in total. The van der Waals surface area contributed by atoms with Crippen LogP contribution in [0.1, 0.15) is 27.0 Å². The average Bonchev–Trinajstić information content (AvgIpc) is 2.65. The second-order valence-corrected chi connectivity index (χ2v) is 8.35. The van der Waals surface area contributed by atoms with Crippen LogP contribution in [0.4, 0.5) is 5.69 Å². The van der Waals surface area contributed by atoms with E-state index in [1.807, 2.05) is 13.0 Å².